The Morgan fingerprint density at radius 1 is 1.24 bits per heavy atom. The number of fused-ring (bicyclic) bond motifs is 2. The van der Waals surface area contributed by atoms with Crippen LogP contribution in [0.15, 0.2) is 0 Å². The number of nitrogens with two attached hydrogens (primary N) is 1. The molecule has 0 spiro atoms. The highest BCUT2D eigenvalue weighted by Gasteiger charge is 2.49. The first kappa shape index (κ1) is 12.6. The number of amides is 2. The van der Waals surface area contributed by atoms with Crippen LogP contribution in [0.5, 0.6) is 0 Å². The maximum absolute atomic E-state index is 12.3. The summed E-state index contributed by atoms with van der Waals surface area (Å²) < 4.78 is 0. The molecule has 1 aliphatic heterocycles. The molecule has 1 aliphatic carbocycles. The van der Waals surface area contributed by atoms with Gasteiger partial charge >= 0.3 is 0 Å². The molecule has 1 heterocycles. The van der Waals surface area contributed by atoms with Crippen LogP contribution >= 0.6 is 0 Å². The number of imide groups is 1. The van der Waals surface area contributed by atoms with E-state index < -0.39 is 0 Å². The molecule has 4 nitrogen and oxygen atoms in total. The minimum atomic E-state index is -0.175. The summed E-state index contributed by atoms with van der Waals surface area (Å²) in [6.45, 7) is 6.44. The van der Waals surface area contributed by atoms with Crippen molar-refractivity contribution in [3.63, 3.8) is 0 Å². The molecule has 2 fully saturated rings. The lowest BCUT2D eigenvalue weighted by molar-refractivity contribution is -0.158. The molecule has 2 N–H and O–H groups in total. The van der Waals surface area contributed by atoms with Gasteiger partial charge in [-0.05, 0) is 24.7 Å². The van der Waals surface area contributed by atoms with Gasteiger partial charge < -0.3 is 5.73 Å². The first-order valence-electron chi connectivity index (χ1n) is 6.43. The Kier molecular flexibility index (Phi) is 3.02. The normalized spacial score (nSPS) is 30.9. The summed E-state index contributed by atoms with van der Waals surface area (Å²) in [5.74, 6) is 0.145. The monoisotopic (exact) mass is 238 g/mol. The van der Waals surface area contributed by atoms with Crippen molar-refractivity contribution in [2.75, 3.05) is 6.54 Å². The molecule has 0 radical (unpaired) electrons. The smallest absolute Gasteiger partial charge is 0.232 e. The van der Waals surface area contributed by atoms with Crippen LogP contribution in [0, 0.1) is 17.3 Å². The molecular weight excluding hydrogens is 216 g/mol. The second kappa shape index (κ2) is 4.09. The van der Waals surface area contributed by atoms with Crippen LogP contribution in [0.1, 0.15) is 40.0 Å². The molecule has 4 heteroatoms. The van der Waals surface area contributed by atoms with Crippen molar-refractivity contribution in [3.05, 3.63) is 0 Å². The third kappa shape index (κ3) is 1.99. The molecule has 0 aromatic heterocycles. The zero-order chi connectivity index (χ0) is 12.8. The number of piperidine rings is 1. The number of carbonyl (C=O) groups excluding carboxylic acids is 2. The minimum absolute atomic E-state index is 0.00845. The Balaban J connectivity index is 2.30. The van der Waals surface area contributed by atoms with E-state index in [-0.39, 0.29) is 35.1 Å². The first-order chi connectivity index (χ1) is 7.86. The van der Waals surface area contributed by atoms with E-state index in [9.17, 15) is 9.59 Å². The molecule has 3 unspecified atom stereocenters. The van der Waals surface area contributed by atoms with Gasteiger partial charge in [0.2, 0.25) is 11.8 Å². The topological polar surface area (TPSA) is 63.4 Å². The fourth-order valence-corrected chi connectivity index (χ4v) is 3.09. The number of rotatable bonds is 2. The van der Waals surface area contributed by atoms with Gasteiger partial charge in [-0.3, -0.25) is 14.5 Å². The van der Waals surface area contributed by atoms with E-state index in [1.54, 1.807) is 0 Å². The second-order valence-electron chi connectivity index (χ2n) is 6.37. The average molecular weight is 238 g/mol. The maximum Gasteiger partial charge on any atom is 0.232 e. The van der Waals surface area contributed by atoms with E-state index >= 15 is 0 Å². The van der Waals surface area contributed by atoms with Gasteiger partial charge in [0.15, 0.2) is 0 Å². The largest absolute Gasteiger partial charge is 0.328 e. The fourth-order valence-electron chi connectivity index (χ4n) is 3.09. The Labute approximate surface area is 103 Å². The molecule has 0 aromatic carbocycles. The third-order valence-electron chi connectivity index (χ3n) is 4.14. The minimum Gasteiger partial charge on any atom is -0.328 e. The molecule has 3 atom stereocenters. The SMILES string of the molecule is CC(C)(C)C(CN)N1C(=O)C2CCC(C2)C1=O. The number of carbonyl (C=O) groups is 2. The number of nitrogens with zero attached hydrogens (tertiary/aromatic N) is 1. The lowest BCUT2D eigenvalue weighted by Gasteiger charge is -2.41. The Morgan fingerprint density at radius 2 is 1.71 bits per heavy atom. The maximum atomic E-state index is 12.3. The van der Waals surface area contributed by atoms with Crippen molar-refractivity contribution >= 4 is 11.8 Å². The fraction of sp³-hybridized carbons (Fsp3) is 0.846. The highest BCUT2D eigenvalue weighted by atomic mass is 16.2. The van der Waals surface area contributed by atoms with Gasteiger partial charge in [-0.2, -0.15) is 0 Å². The van der Waals surface area contributed by atoms with Gasteiger partial charge in [0.25, 0.3) is 0 Å². The number of hydrogen-bond donors (Lipinski definition) is 1. The average Bonchev–Trinajstić information content (AvgIpc) is 2.66. The number of hydrogen-bond acceptors (Lipinski definition) is 3. The second-order valence-corrected chi connectivity index (χ2v) is 6.37. The third-order valence-corrected chi connectivity index (χ3v) is 4.14. The summed E-state index contributed by atoms with van der Waals surface area (Å²) in [7, 11) is 0. The highest BCUT2D eigenvalue weighted by molar-refractivity contribution is 6.01. The molecule has 2 aliphatic rings. The Morgan fingerprint density at radius 3 is 2.06 bits per heavy atom. The lowest BCUT2D eigenvalue weighted by Crippen LogP contribution is -2.58. The van der Waals surface area contributed by atoms with Crippen LogP contribution in [-0.4, -0.2) is 29.3 Å². The van der Waals surface area contributed by atoms with E-state index in [4.69, 9.17) is 5.73 Å². The van der Waals surface area contributed by atoms with Crippen molar-refractivity contribution in [2.45, 2.75) is 46.1 Å². The molecule has 2 amide bonds. The van der Waals surface area contributed by atoms with Gasteiger partial charge in [0, 0.05) is 18.4 Å². The van der Waals surface area contributed by atoms with Crippen molar-refractivity contribution in [2.24, 2.45) is 23.0 Å². The van der Waals surface area contributed by atoms with Gasteiger partial charge in [0.05, 0.1) is 6.04 Å². The van der Waals surface area contributed by atoms with Crippen molar-refractivity contribution < 1.29 is 9.59 Å². The van der Waals surface area contributed by atoms with Crippen LogP contribution in [0.4, 0.5) is 0 Å². The zero-order valence-corrected chi connectivity index (χ0v) is 10.9. The summed E-state index contributed by atoms with van der Waals surface area (Å²) >= 11 is 0. The standard InChI is InChI=1S/C13H22N2O2/c1-13(2,3)10(7-14)15-11(16)8-4-5-9(6-8)12(15)17/h8-10H,4-7,14H2,1-3H3. The Hall–Kier alpha value is -0.900. The van der Waals surface area contributed by atoms with Gasteiger partial charge in [-0.15, -0.1) is 0 Å². The van der Waals surface area contributed by atoms with Crippen molar-refractivity contribution in [1.82, 2.24) is 4.90 Å². The van der Waals surface area contributed by atoms with Crippen molar-refractivity contribution in [1.29, 1.82) is 0 Å². The molecule has 96 valence electrons. The van der Waals surface area contributed by atoms with E-state index in [1.165, 1.54) is 4.90 Å². The summed E-state index contributed by atoms with van der Waals surface area (Å²) in [6.07, 6.45) is 2.50. The van der Waals surface area contributed by atoms with Crippen LogP contribution < -0.4 is 5.73 Å². The van der Waals surface area contributed by atoms with E-state index in [0.717, 1.165) is 19.3 Å². The van der Waals surface area contributed by atoms with Crippen molar-refractivity contribution in [3.8, 4) is 0 Å². The Bertz CT molecular complexity index is 324. The molecular formula is C13H22N2O2. The predicted molar refractivity (Wildman–Crippen MR) is 65.0 cm³/mol. The van der Waals surface area contributed by atoms with Gasteiger partial charge in [-0.25, -0.2) is 0 Å². The van der Waals surface area contributed by atoms with Gasteiger partial charge in [0.1, 0.15) is 0 Å². The summed E-state index contributed by atoms with van der Waals surface area (Å²) in [5.41, 5.74) is 5.62. The molecule has 1 saturated heterocycles. The molecule has 1 saturated carbocycles. The van der Waals surface area contributed by atoms with E-state index in [0.29, 0.717) is 6.54 Å². The van der Waals surface area contributed by atoms with Gasteiger partial charge in [-0.1, -0.05) is 20.8 Å². The van der Waals surface area contributed by atoms with Crippen LogP contribution in [0.25, 0.3) is 0 Å². The summed E-state index contributed by atoms with van der Waals surface area (Å²) in [5, 5.41) is 0. The van der Waals surface area contributed by atoms with Crippen LogP contribution in [0.3, 0.4) is 0 Å². The van der Waals surface area contributed by atoms with Crippen LogP contribution in [-0.2, 0) is 9.59 Å². The molecule has 2 rings (SSSR count). The van der Waals surface area contributed by atoms with E-state index in [1.807, 2.05) is 20.8 Å². The highest BCUT2D eigenvalue weighted by Crippen LogP contribution is 2.40. The predicted octanol–water partition coefficient (Wildman–Crippen LogP) is 1.14. The van der Waals surface area contributed by atoms with Crippen LogP contribution in [0.2, 0.25) is 0 Å². The molecule has 2 bridgehead atoms. The van der Waals surface area contributed by atoms with E-state index in [2.05, 4.69) is 0 Å². The number of likely N-dealkylation sites (tertiary alicyclic amines) is 1. The molecule has 0 aromatic rings. The molecule has 17 heavy (non-hydrogen) atoms. The first-order valence-corrected chi connectivity index (χ1v) is 6.43. The quantitative estimate of drug-likeness (QED) is 0.734. The summed E-state index contributed by atoms with van der Waals surface area (Å²) in [4.78, 5) is 26.1. The zero-order valence-electron chi connectivity index (χ0n) is 10.9. The lowest BCUT2D eigenvalue weighted by atomic mass is 9.83. The summed E-state index contributed by atoms with van der Waals surface area (Å²) in [6, 6.07) is -0.175.